The molecule has 108 valence electrons. The molecule has 0 aliphatic rings. The Morgan fingerprint density at radius 3 is 2.62 bits per heavy atom. The Hall–Kier alpha value is -2.34. The van der Waals surface area contributed by atoms with Crippen LogP contribution in [0.15, 0.2) is 18.2 Å². The number of carbonyl (C=O) groups is 3. The van der Waals surface area contributed by atoms with Gasteiger partial charge in [-0.25, -0.2) is 9.78 Å². The molecule has 0 radical (unpaired) electrons. The monoisotopic (exact) mass is 303 g/mol. The highest BCUT2D eigenvalue weighted by Crippen LogP contribution is 2.29. The molecule has 0 saturated carbocycles. The van der Waals surface area contributed by atoms with Crippen molar-refractivity contribution in [3.8, 4) is 10.6 Å². The van der Waals surface area contributed by atoms with Gasteiger partial charge in [0, 0.05) is 16.7 Å². The fourth-order valence-corrected chi connectivity index (χ4v) is 2.78. The maximum atomic E-state index is 11.8. The number of hydrogen-bond donors (Lipinski definition) is 0. The van der Waals surface area contributed by atoms with Crippen LogP contribution in [0.1, 0.15) is 43.0 Å². The molecular formula is C15H13NO4S. The van der Waals surface area contributed by atoms with Gasteiger partial charge in [0.15, 0.2) is 12.6 Å². The van der Waals surface area contributed by atoms with Gasteiger partial charge in [-0.1, -0.05) is 12.1 Å². The Balaban J connectivity index is 2.43. The molecule has 0 atom stereocenters. The zero-order chi connectivity index (χ0) is 15.4. The first-order valence-electron chi connectivity index (χ1n) is 6.30. The average Bonchev–Trinajstić information content (AvgIpc) is 2.88. The van der Waals surface area contributed by atoms with Gasteiger partial charge >= 0.3 is 5.97 Å². The molecule has 0 aliphatic heterocycles. The minimum atomic E-state index is -0.404. The lowest BCUT2D eigenvalue weighted by Gasteiger charge is -2.00. The van der Waals surface area contributed by atoms with Gasteiger partial charge < -0.3 is 4.74 Å². The molecule has 0 N–H and O–H groups in total. The zero-order valence-corrected chi connectivity index (χ0v) is 12.4. The van der Waals surface area contributed by atoms with E-state index in [0.29, 0.717) is 51.4 Å². The van der Waals surface area contributed by atoms with Crippen LogP contribution < -0.4 is 0 Å². The van der Waals surface area contributed by atoms with Crippen LogP contribution in [0.4, 0.5) is 0 Å². The number of esters is 1. The Morgan fingerprint density at radius 2 is 2.00 bits per heavy atom. The molecule has 0 saturated heterocycles. The summed E-state index contributed by atoms with van der Waals surface area (Å²) in [5, 5.41) is 0.608. The summed E-state index contributed by atoms with van der Waals surface area (Å²) in [6.45, 7) is 3.77. The molecule has 1 heterocycles. The van der Waals surface area contributed by atoms with Crippen molar-refractivity contribution in [1.82, 2.24) is 4.98 Å². The second-order valence-corrected chi connectivity index (χ2v) is 5.23. The van der Waals surface area contributed by atoms with Gasteiger partial charge in [0.25, 0.3) is 0 Å². The number of hydrogen-bond acceptors (Lipinski definition) is 6. The predicted octanol–water partition coefficient (Wildman–Crippen LogP) is 2.92. The average molecular weight is 303 g/mol. The van der Waals surface area contributed by atoms with Gasteiger partial charge in [-0.15, -0.1) is 11.3 Å². The van der Waals surface area contributed by atoms with Crippen molar-refractivity contribution in [1.29, 1.82) is 0 Å². The van der Waals surface area contributed by atoms with Crippen molar-refractivity contribution in [2.24, 2.45) is 0 Å². The molecule has 2 rings (SSSR count). The van der Waals surface area contributed by atoms with Crippen molar-refractivity contribution >= 4 is 29.9 Å². The second-order valence-electron chi connectivity index (χ2n) is 4.23. The maximum Gasteiger partial charge on any atom is 0.350 e. The largest absolute Gasteiger partial charge is 0.462 e. The summed E-state index contributed by atoms with van der Waals surface area (Å²) in [5.41, 5.74) is 1.90. The molecule has 6 heteroatoms. The number of rotatable bonds is 5. The summed E-state index contributed by atoms with van der Waals surface area (Å²) in [5.74, 6) is -0.404. The molecule has 0 bridgehead atoms. The van der Waals surface area contributed by atoms with Gasteiger partial charge in [-0.2, -0.15) is 0 Å². The second kappa shape index (κ2) is 6.41. The van der Waals surface area contributed by atoms with Crippen molar-refractivity contribution in [2.45, 2.75) is 13.8 Å². The lowest BCUT2D eigenvalue weighted by Crippen LogP contribution is -2.03. The zero-order valence-electron chi connectivity index (χ0n) is 11.6. The molecule has 5 nitrogen and oxygen atoms in total. The summed E-state index contributed by atoms with van der Waals surface area (Å²) in [7, 11) is 0. The maximum absolute atomic E-state index is 11.8. The minimum absolute atomic E-state index is 0.299. The summed E-state index contributed by atoms with van der Waals surface area (Å²) >= 11 is 1.20. The fourth-order valence-electron chi connectivity index (χ4n) is 1.82. The highest BCUT2D eigenvalue weighted by atomic mass is 32.1. The van der Waals surface area contributed by atoms with E-state index in [-0.39, 0.29) is 0 Å². The Kier molecular flexibility index (Phi) is 4.59. The SMILES string of the molecule is CCOC(=O)c1sc(-c2ccc(C=O)c(C=O)c2)nc1C. The smallest absolute Gasteiger partial charge is 0.350 e. The number of carbonyl (C=O) groups excluding carboxylic acids is 3. The van der Waals surface area contributed by atoms with Crippen LogP contribution in [0.25, 0.3) is 10.6 Å². The number of aldehydes is 2. The van der Waals surface area contributed by atoms with Crippen molar-refractivity contribution in [3.63, 3.8) is 0 Å². The van der Waals surface area contributed by atoms with Gasteiger partial charge in [0.1, 0.15) is 9.88 Å². The highest BCUT2D eigenvalue weighted by molar-refractivity contribution is 7.17. The van der Waals surface area contributed by atoms with E-state index in [1.54, 1.807) is 32.0 Å². The van der Waals surface area contributed by atoms with Crippen LogP contribution in [0.2, 0.25) is 0 Å². The molecule has 1 aromatic heterocycles. The summed E-state index contributed by atoms with van der Waals surface area (Å²) in [6, 6.07) is 4.85. The number of nitrogens with zero attached hydrogens (tertiary/aromatic N) is 1. The third-order valence-corrected chi connectivity index (χ3v) is 4.03. The van der Waals surface area contributed by atoms with Gasteiger partial charge in [-0.3, -0.25) is 9.59 Å². The fraction of sp³-hybridized carbons (Fsp3) is 0.200. The first-order chi connectivity index (χ1) is 10.1. The van der Waals surface area contributed by atoms with Crippen LogP contribution in [0.5, 0.6) is 0 Å². The van der Waals surface area contributed by atoms with Crippen molar-refractivity contribution in [3.05, 3.63) is 39.9 Å². The van der Waals surface area contributed by atoms with Gasteiger partial charge in [-0.05, 0) is 19.9 Å². The number of benzene rings is 1. The normalized spacial score (nSPS) is 10.2. The topological polar surface area (TPSA) is 73.3 Å². The molecule has 1 aromatic carbocycles. The first-order valence-corrected chi connectivity index (χ1v) is 7.11. The predicted molar refractivity (Wildman–Crippen MR) is 79.0 cm³/mol. The minimum Gasteiger partial charge on any atom is -0.462 e. The quantitative estimate of drug-likeness (QED) is 0.627. The highest BCUT2D eigenvalue weighted by Gasteiger charge is 2.17. The lowest BCUT2D eigenvalue weighted by molar-refractivity contribution is 0.0531. The lowest BCUT2D eigenvalue weighted by atomic mass is 10.1. The van der Waals surface area contributed by atoms with Gasteiger partial charge in [0.2, 0.25) is 0 Å². The Morgan fingerprint density at radius 1 is 1.29 bits per heavy atom. The van der Waals surface area contributed by atoms with E-state index < -0.39 is 5.97 Å². The van der Waals surface area contributed by atoms with Crippen LogP contribution in [-0.2, 0) is 4.74 Å². The van der Waals surface area contributed by atoms with Crippen LogP contribution in [-0.4, -0.2) is 30.1 Å². The Labute approximate surface area is 125 Å². The van der Waals surface area contributed by atoms with E-state index in [2.05, 4.69) is 4.98 Å². The molecule has 0 unspecified atom stereocenters. The molecule has 2 aromatic rings. The van der Waals surface area contributed by atoms with Crippen LogP contribution in [0.3, 0.4) is 0 Å². The molecule has 0 amide bonds. The van der Waals surface area contributed by atoms with E-state index in [1.807, 2.05) is 0 Å². The van der Waals surface area contributed by atoms with Crippen molar-refractivity contribution in [2.75, 3.05) is 6.61 Å². The number of thiazole rings is 1. The van der Waals surface area contributed by atoms with E-state index in [9.17, 15) is 14.4 Å². The third kappa shape index (κ3) is 3.05. The molecule has 21 heavy (non-hydrogen) atoms. The van der Waals surface area contributed by atoms with E-state index >= 15 is 0 Å². The van der Waals surface area contributed by atoms with Crippen molar-refractivity contribution < 1.29 is 19.1 Å². The van der Waals surface area contributed by atoms with Crippen LogP contribution >= 0.6 is 11.3 Å². The molecule has 0 spiro atoms. The van der Waals surface area contributed by atoms with E-state index in [4.69, 9.17) is 4.74 Å². The van der Waals surface area contributed by atoms with E-state index in [1.165, 1.54) is 11.3 Å². The number of aromatic nitrogens is 1. The Bertz CT molecular complexity index is 706. The summed E-state index contributed by atoms with van der Waals surface area (Å²) in [4.78, 5) is 38.4. The van der Waals surface area contributed by atoms with Gasteiger partial charge in [0.05, 0.1) is 12.3 Å². The molecular weight excluding hydrogens is 290 g/mol. The summed E-state index contributed by atoms with van der Waals surface area (Å²) in [6.07, 6.45) is 1.25. The van der Waals surface area contributed by atoms with Crippen LogP contribution in [0, 0.1) is 6.92 Å². The number of ether oxygens (including phenoxy) is 1. The molecule has 0 aliphatic carbocycles. The number of aryl methyl sites for hydroxylation is 1. The van der Waals surface area contributed by atoms with E-state index in [0.717, 1.165) is 0 Å². The molecule has 0 fully saturated rings. The third-order valence-electron chi connectivity index (χ3n) is 2.85. The first kappa shape index (κ1) is 15.1. The summed E-state index contributed by atoms with van der Waals surface area (Å²) < 4.78 is 4.97. The standard InChI is InChI=1S/C15H13NO4S/c1-3-20-15(19)13-9(2)16-14(21-13)10-4-5-11(7-17)12(6-10)8-18/h4-8H,3H2,1-2H3.